The van der Waals surface area contributed by atoms with E-state index in [2.05, 4.69) is 9.64 Å². The molecule has 1 aromatic carbocycles. The number of benzene rings is 1. The highest BCUT2D eigenvalue weighted by Crippen LogP contribution is 2.25. The zero-order chi connectivity index (χ0) is 13.7. The Bertz CT molecular complexity index is 401. The quantitative estimate of drug-likeness (QED) is 0.893. The SMILES string of the molecule is OCC1CCCCN1Cc1ccccc1OC(F)F. The van der Waals surface area contributed by atoms with Crippen molar-refractivity contribution in [3.8, 4) is 5.75 Å². The average molecular weight is 271 g/mol. The van der Waals surface area contributed by atoms with Gasteiger partial charge in [0.2, 0.25) is 0 Å². The van der Waals surface area contributed by atoms with Gasteiger partial charge in [-0.05, 0) is 25.5 Å². The third-order valence-corrected chi connectivity index (χ3v) is 3.52. The van der Waals surface area contributed by atoms with E-state index in [4.69, 9.17) is 0 Å². The molecule has 2 rings (SSSR count). The van der Waals surface area contributed by atoms with Crippen molar-refractivity contribution >= 4 is 0 Å². The van der Waals surface area contributed by atoms with Crippen molar-refractivity contribution in [2.24, 2.45) is 0 Å². The lowest BCUT2D eigenvalue weighted by Crippen LogP contribution is -2.41. The maximum atomic E-state index is 12.3. The van der Waals surface area contributed by atoms with Crippen LogP contribution >= 0.6 is 0 Å². The minimum Gasteiger partial charge on any atom is -0.434 e. The molecule has 1 heterocycles. The van der Waals surface area contributed by atoms with Gasteiger partial charge >= 0.3 is 6.61 Å². The summed E-state index contributed by atoms with van der Waals surface area (Å²) in [5.74, 6) is 0.222. The van der Waals surface area contributed by atoms with E-state index in [0.717, 1.165) is 31.4 Å². The molecule has 0 bridgehead atoms. The number of alkyl halides is 2. The second-order valence-corrected chi connectivity index (χ2v) is 4.79. The predicted octanol–water partition coefficient (Wildman–Crippen LogP) is 2.63. The second-order valence-electron chi connectivity index (χ2n) is 4.79. The van der Waals surface area contributed by atoms with E-state index in [9.17, 15) is 13.9 Å². The van der Waals surface area contributed by atoms with E-state index in [0.29, 0.717) is 6.54 Å². The van der Waals surface area contributed by atoms with Crippen LogP contribution in [0, 0.1) is 0 Å². The highest BCUT2D eigenvalue weighted by atomic mass is 19.3. The van der Waals surface area contributed by atoms with Crippen LogP contribution in [-0.4, -0.2) is 35.8 Å². The molecule has 3 nitrogen and oxygen atoms in total. The third kappa shape index (κ3) is 3.88. The largest absolute Gasteiger partial charge is 0.434 e. The first kappa shape index (κ1) is 14.2. The first-order valence-electron chi connectivity index (χ1n) is 6.58. The Balaban J connectivity index is 2.08. The van der Waals surface area contributed by atoms with E-state index in [-0.39, 0.29) is 18.4 Å². The van der Waals surface area contributed by atoms with Gasteiger partial charge in [-0.3, -0.25) is 4.90 Å². The Morgan fingerprint density at radius 2 is 2.11 bits per heavy atom. The van der Waals surface area contributed by atoms with Crippen LogP contribution in [0.1, 0.15) is 24.8 Å². The van der Waals surface area contributed by atoms with Crippen molar-refractivity contribution in [2.45, 2.75) is 38.5 Å². The highest BCUT2D eigenvalue weighted by molar-refractivity contribution is 5.33. The summed E-state index contributed by atoms with van der Waals surface area (Å²) in [7, 11) is 0. The molecule has 1 unspecified atom stereocenters. The number of nitrogens with zero attached hydrogens (tertiary/aromatic N) is 1. The van der Waals surface area contributed by atoms with Crippen LogP contribution in [0.4, 0.5) is 8.78 Å². The molecule has 1 N–H and O–H groups in total. The van der Waals surface area contributed by atoms with Crippen LogP contribution in [0.25, 0.3) is 0 Å². The molecule has 0 spiro atoms. The van der Waals surface area contributed by atoms with Crippen molar-refractivity contribution in [3.63, 3.8) is 0 Å². The molecule has 1 fully saturated rings. The average Bonchev–Trinajstić information content (AvgIpc) is 2.41. The van der Waals surface area contributed by atoms with Gasteiger partial charge in [0, 0.05) is 18.2 Å². The fourth-order valence-electron chi connectivity index (χ4n) is 2.54. The maximum Gasteiger partial charge on any atom is 0.387 e. The van der Waals surface area contributed by atoms with Crippen LogP contribution in [0.15, 0.2) is 24.3 Å². The molecule has 0 amide bonds. The van der Waals surface area contributed by atoms with Gasteiger partial charge in [0.05, 0.1) is 6.61 Å². The number of rotatable bonds is 5. The maximum absolute atomic E-state index is 12.3. The number of hydrogen-bond donors (Lipinski definition) is 1. The van der Waals surface area contributed by atoms with Gasteiger partial charge in [-0.15, -0.1) is 0 Å². The summed E-state index contributed by atoms with van der Waals surface area (Å²) in [5.41, 5.74) is 0.739. The van der Waals surface area contributed by atoms with Crippen molar-refractivity contribution in [1.82, 2.24) is 4.90 Å². The number of halogens is 2. The fourth-order valence-corrected chi connectivity index (χ4v) is 2.54. The van der Waals surface area contributed by atoms with Gasteiger partial charge < -0.3 is 9.84 Å². The summed E-state index contributed by atoms with van der Waals surface area (Å²) < 4.78 is 29.2. The van der Waals surface area contributed by atoms with Crippen molar-refractivity contribution < 1.29 is 18.6 Å². The van der Waals surface area contributed by atoms with Gasteiger partial charge in [0.1, 0.15) is 5.75 Å². The Morgan fingerprint density at radius 1 is 1.32 bits per heavy atom. The topological polar surface area (TPSA) is 32.7 Å². The standard InChI is InChI=1S/C14H19F2NO2/c15-14(16)19-13-7-2-1-5-11(13)9-17-8-4-3-6-12(17)10-18/h1-2,5,7,12,14,18H,3-4,6,8-10H2. The number of hydrogen-bond acceptors (Lipinski definition) is 3. The smallest absolute Gasteiger partial charge is 0.387 e. The molecule has 19 heavy (non-hydrogen) atoms. The first-order valence-corrected chi connectivity index (χ1v) is 6.58. The zero-order valence-electron chi connectivity index (χ0n) is 10.8. The molecule has 106 valence electrons. The summed E-state index contributed by atoms with van der Waals surface area (Å²) in [6.07, 6.45) is 3.14. The van der Waals surface area contributed by atoms with Crippen LogP contribution in [0.3, 0.4) is 0 Å². The summed E-state index contributed by atoms with van der Waals surface area (Å²) in [6, 6.07) is 6.96. The second kappa shape index (κ2) is 6.82. The van der Waals surface area contributed by atoms with Crippen molar-refractivity contribution in [3.05, 3.63) is 29.8 Å². The van der Waals surface area contributed by atoms with E-state index in [1.54, 1.807) is 18.2 Å². The molecular weight excluding hydrogens is 252 g/mol. The highest BCUT2D eigenvalue weighted by Gasteiger charge is 2.22. The summed E-state index contributed by atoms with van der Waals surface area (Å²) in [6.45, 7) is -1.28. The molecule has 0 saturated carbocycles. The summed E-state index contributed by atoms with van der Waals surface area (Å²) in [5, 5.41) is 9.36. The van der Waals surface area contributed by atoms with Crippen LogP contribution in [0.5, 0.6) is 5.75 Å². The van der Waals surface area contributed by atoms with E-state index < -0.39 is 6.61 Å². The van der Waals surface area contributed by atoms with Crippen LogP contribution < -0.4 is 4.74 Å². The van der Waals surface area contributed by atoms with Gasteiger partial charge in [0.25, 0.3) is 0 Å². The number of aliphatic hydroxyl groups excluding tert-OH is 1. The van der Waals surface area contributed by atoms with E-state index >= 15 is 0 Å². The summed E-state index contributed by atoms with van der Waals surface area (Å²) >= 11 is 0. The molecule has 1 aliphatic heterocycles. The van der Waals surface area contributed by atoms with E-state index in [1.807, 2.05) is 6.07 Å². The Morgan fingerprint density at radius 3 is 2.84 bits per heavy atom. The minimum atomic E-state index is -2.81. The molecule has 1 aromatic rings. The molecule has 0 radical (unpaired) electrons. The Labute approximate surface area is 111 Å². The predicted molar refractivity (Wildman–Crippen MR) is 68.2 cm³/mol. The van der Waals surface area contributed by atoms with Gasteiger partial charge in [-0.2, -0.15) is 8.78 Å². The number of likely N-dealkylation sites (tertiary alicyclic amines) is 1. The number of piperidine rings is 1. The molecule has 5 heteroatoms. The zero-order valence-corrected chi connectivity index (χ0v) is 10.8. The fraction of sp³-hybridized carbons (Fsp3) is 0.571. The number of ether oxygens (including phenoxy) is 1. The molecule has 1 saturated heterocycles. The lowest BCUT2D eigenvalue weighted by Gasteiger charge is -2.34. The lowest BCUT2D eigenvalue weighted by molar-refractivity contribution is -0.0510. The lowest BCUT2D eigenvalue weighted by atomic mass is 10.0. The molecule has 1 aliphatic rings. The van der Waals surface area contributed by atoms with Gasteiger partial charge in [-0.1, -0.05) is 24.6 Å². The van der Waals surface area contributed by atoms with Gasteiger partial charge in [0.15, 0.2) is 0 Å². The molecular formula is C14H19F2NO2. The number of aliphatic hydroxyl groups is 1. The Hall–Kier alpha value is -1.20. The molecule has 1 atom stereocenters. The van der Waals surface area contributed by atoms with Crippen molar-refractivity contribution in [1.29, 1.82) is 0 Å². The Kier molecular flexibility index (Phi) is 5.10. The monoisotopic (exact) mass is 271 g/mol. The third-order valence-electron chi connectivity index (χ3n) is 3.52. The van der Waals surface area contributed by atoms with E-state index in [1.165, 1.54) is 0 Å². The van der Waals surface area contributed by atoms with Crippen molar-refractivity contribution in [2.75, 3.05) is 13.2 Å². The molecule has 0 aromatic heterocycles. The molecule has 0 aliphatic carbocycles. The van der Waals surface area contributed by atoms with Crippen LogP contribution in [0.2, 0.25) is 0 Å². The van der Waals surface area contributed by atoms with Gasteiger partial charge in [-0.25, -0.2) is 0 Å². The normalized spacial score (nSPS) is 20.7. The first-order chi connectivity index (χ1) is 9.20. The number of para-hydroxylation sites is 1. The summed E-state index contributed by atoms with van der Waals surface area (Å²) in [4.78, 5) is 2.14. The van der Waals surface area contributed by atoms with Crippen LogP contribution in [-0.2, 0) is 6.54 Å². The minimum absolute atomic E-state index is 0.109.